The molecule has 5 heteroatoms. The molecule has 1 aliphatic carbocycles. The summed E-state index contributed by atoms with van der Waals surface area (Å²) in [4.78, 5) is 6.67. The molecule has 1 saturated carbocycles. The Balaban J connectivity index is 0.00000289. The molecule has 0 spiro atoms. The van der Waals surface area contributed by atoms with Gasteiger partial charge in [-0.25, -0.2) is 0 Å². The molecule has 1 aliphatic rings. The van der Waals surface area contributed by atoms with Crippen LogP contribution in [0, 0.1) is 0 Å². The van der Waals surface area contributed by atoms with Crippen molar-refractivity contribution in [2.45, 2.75) is 51.5 Å². The monoisotopic (exact) mass is 368 g/mol. The van der Waals surface area contributed by atoms with Crippen molar-refractivity contribution < 1.29 is 0 Å². The lowest BCUT2D eigenvalue weighted by atomic mass is 9.94. The fourth-order valence-corrected chi connectivity index (χ4v) is 2.35. The Bertz CT molecular complexity index is 227. The summed E-state index contributed by atoms with van der Waals surface area (Å²) in [6, 6.07) is 0.777. The van der Waals surface area contributed by atoms with Crippen molar-refractivity contribution in [2.75, 3.05) is 26.7 Å². The third-order valence-electron chi connectivity index (χ3n) is 3.47. The third kappa shape index (κ3) is 7.41. The number of rotatable bonds is 6. The molecule has 0 radical (unpaired) electrons. The number of hydrogen-bond donors (Lipinski definition) is 2. The minimum atomic E-state index is 0. The lowest BCUT2D eigenvalue weighted by Gasteiger charge is -2.31. The molecule has 4 nitrogen and oxygen atoms in total. The van der Waals surface area contributed by atoms with Gasteiger partial charge in [-0.3, -0.25) is 4.99 Å². The van der Waals surface area contributed by atoms with E-state index in [1.165, 1.54) is 32.1 Å². The maximum atomic E-state index is 5.74. The average molecular weight is 368 g/mol. The number of halogens is 1. The van der Waals surface area contributed by atoms with Crippen molar-refractivity contribution in [3.8, 4) is 0 Å². The maximum Gasteiger partial charge on any atom is 0.188 e. The molecule has 0 saturated heterocycles. The van der Waals surface area contributed by atoms with E-state index in [0.717, 1.165) is 32.1 Å². The van der Waals surface area contributed by atoms with Gasteiger partial charge < -0.3 is 16.0 Å². The Morgan fingerprint density at radius 1 is 1.33 bits per heavy atom. The summed E-state index contributed by atoms with van der Waals surface area (Å²) in [7, 11) is 2.22. The van der Waals surface area contributed by atoms with Gasteiger partial charge in [-0.1, -0.05) is 26.2 Å². The number of guanidine groups is 1. The number of nitrogens with one attached hydrogen (secondary N) is 1. The standard InChI is InChI=1S/C13H28N4.HI/c1-3-9-15-13(14)16-10-11-17(2)12-7-5-4-6-8-12;/h12H,3-11H2,1-2H3,(H3,14,15,16);1H. The van der Waals surface area contributed by atoms with Gasteiger partial charge in [0.05, 0.1) is 0 Å². The van der Waals surface area contributed by atoms with Gasteiger partial charge in [0.2, 0.25) is 0 Å². The van der Waals surface area contributed by atoms with Gasteiger partial charge in [0.25, 0.3) is 0 Å². The maximum absolute atomic E-state index is 5.74. The van der Waals surface area contributed by atoms with Crippen LogP contribution in [0.25, 0.3) is 0 Å². The van der Waals surface area contributed by atoms with E-state index in [1.807, 2.05) is 0 Å². The molecule has 0 aliphatic heterocycles. The van der Waals surface area contributed by atoms with Crippen LogP contribution in [0.4, 0.5) is 0 Å². The van der Waals surface area contributed by atoms with Crippen LogP contribution >= 0.6 is 24.0 Å². The van der Waals surface area contributed by atoms with E-state index in [0.29, 0.717) is 5.96 Å². The summed E-state index contributed by atoms with van der Waals surface area (Å²) in [6.45, 7) is 4.87. The van der Waals surface area contributed by atoms with Crippen molar-refractivity contribution in [2.24, 2.45) is 10.7 Å². The Labute approximate surface area is 129 Å². The first kappa shape index (κ1) is 18.0. The summed E-state index contributed by atoms with van der Waals surface area (Å²) in [5.41, 5.74) is 5.74. The Morgan fingerprint density at radius 3 is 2.61 bits per heavy atom. The number of hydrogen-bond acceptors (Lipinski definition) is 2. The Kier molecular flexibility index (Phi) is 10.8. The second-order valence-electron chi connectivity index (χ2n) is 4.97. The molecular formula is C13H29IN4. The average Bonchev–Trinajstić information content (AvgIpc) is 2.37. The van der Waals surface area contributed by atoms with E-state index in [1.54, 1.807) is 0 Å². The van der Waals surface area contributed by atoms with Gasteiger partial charge in [-0.05, 0) is 26.3 Å². The van der Waals surface area contributed by atoms with Crippen LogP contribution < -0.4 is 11.1 Å². The highest BCUT2D eigenvalue weighted by atomic mass is 127. The van der Waals surface area contributed by atoms with E-state index >= 15 is 0 Å². The summed E-state index contributed by atoms with van der Waals surface area (Å²) >= 11 is 0. The minimum Gasteiger partial charge on any atom is -0.370 e. The van der Waals surface area contributed by atoms with Crippen LogP contribution in [0.5, 0.6) is 0 Å². The molecule has 0 heterocycles. The molecular weight excluding hydrogens is 339 g/mol. The van der Waals surface area contributed by atoms with Crippen LogP contribution in [0.3, 0.4) is 0 Å². The zero-order valence-electron chi connectivity index (χ0n) is 11.8. The topological polar surface area (TPSA) is 53.6 Å². The molecule has 1 rings (SSSR count). The number of nitrogens with zero attached hydrogens (tertiary/aromatic N) is 2. The summed E-state index contributed by atoms with van der Waals surface area (Å²) in [5, 5.41) is 3.17. The smallest absolute Gasteiger partial charge is 0.188 e. The molecule has 1 fully saturated rings. The van der Waals surface area contributed by atoms with Crippen molar-refractivity contribution >= 4 is 29.9 Å². The molecule has 0 aromatic rings. The first-order chi connectivity index (χ1) is 8.24. The van der Waals surface area contributed by atoms with Crippen molar-refractivity contribution in [1.29, 1.82) is 0 Å². The van der Waals surface area contributed by atoms with E-state index in [4.69, 9.17) is 5.73 Å². The van der Waals surface area contributed by atoms with Crippen LogP contribution in [0.15, 0.2) is 4.99 Å². The van der Waals surface area contributed by atoms with E-state index in [9.17, 15) is 0 Å². The van der Waals surface area contributed by atoms with E-state index < -0.39 is 0 Å². The highest BCUT2D eigenvalue weighted by Gasteiger charge is 2.17. The molecule has 0 atom stereocenters. The van der Waals surface area contributed by atoms with Crippen LogP contribution in [-0.2, 0) is 0 Å². The van der Waals surface area contributed by atoms with E-state index in [2.05, 4.69) is 29.2 Å². The first-order valence-corrected chi connectivity index (χ1v) is 6.98. The summed E-state index contributed by atoms with van der Waals surface area (Å²) in [6.07, 6.45) is 7.96. The number of likely N-dealkylation sites (N-methyl/N-ethyl adjacent to an activating group) is 1. The van der Waals surface area contributed by atoms with Gasteiger partial charge in [-0.2, -0.15) is 0 Å². The third-order valence-corrected chi connectivity index (χ3v) is 3.47. The Morgan fingerprint density at radius 2 is 2.00 bits per heavy atom. The first-order valence-electron chi connectivity index (χ1n) is 6.98. The van der Waals surface area contributed by atoms with Crippen LogP contribution in [0.1, 0.15) is 45.4 Å². The second-order valence-corrected chi connectivity index (χ2v) is 4.97. The summed E-state index contributed by atoms with van der Waals surface area (Å²) in [5.74, 6) is 0.587. The largest absolute Gasteiger partial charge is 0.370 e. The van der Waals surface area contributed by atoms with Crippen molar-refractivity contribution in [1.82, 2.24) is 10.2 Å². The molecule has 0 aromatic heterocycles. The second kappa shape index (κ2) is 10.8. The molecule has 0 bridgehead atoms. The van der Waals surface area contributed by atoms with Gasteiger partial charge in [-0.15, -0.1) is 24.0 Å². The molecule has 18 heavy (non-hydrogen) atoms. The van der Waals surface area contributed by atoms with Gasteiger partial charge in [0, 0.05) is 25.7 Å². The fraction of sp³-hybridized carbons (Fsp3) is 0.923. The van der Waals surface area contributed by atoms with Gasteiger partial charge in [0.1, 0.15) is 0 Å². The molecule has 108 valence electrons. The predicted octanol–water partition coefficient (Wildman–Crippen LogP) is 2.18. The highest BCUT2D eigenvalue weighted by Crippen LogP contribution is 2.20. The highest BCUT2D eigenvalue weighted by molar-refractivity contribution is 14.0. The normalized spacial score (nSPS) is 17.6. The molecule has 0 unspecified atom stereocenters. The van der Waals surface area contributed by atoms with Crippen LogP contribution in [-0.4, -0.2) is 43.6 Å². The van der Waals surface area contributed by atoms with Gasteiger partial charge in [0.15, 0.2) is 5.96 Å². The SMILES string of the molecule is CCCN=C(N)NCCN(C)C1CCCCC1.I. The van der Waals surface area contributed by atoms with Gasteiger partial charge >= 0.3 is 0 Å². The number of aliphatic imine (C=N–C) groups is 1. The van der Waals surface area contributed by atoms with Crippen molar-refractivity contribution in [3.63, 3.8) is 0 Å². The number of nitrogens with two attached hydrogens (primary N) is 1. The fourth-order valence-electron chi connectivity index (χ4n) is 2.35. The zero-order valence-corrected chi connectivity index (χ0v) is 14.2. The quantitative estimate of drug-likeness (QED) is 0.429. The minimum absolute atomic E-state index is 0. The summed E-state index contributed by atoms with van der Waals surface area (Å²) < 4.78 is 0. The lowest BCUT2D eigenvalue weighted by molar-refractivity contribution is 0.194. The molecule has 3 N–H and O–H groups in total. The molecule has 0 aromatic carbocycles. The Hall–Kier alpha value is -0.0400. The van der Waals surface area contributed by atoms with Crippen molar-refractivity contribution in [3.05, 3.63) is 0 Å². The zero-order chi connectivity index (χ0) is 12.5. The lowest BCUT2D eigenvalue weighted by Crippen LogP contribution is -2.41. The predicted molar refractivity (Wildman–Crippen MR) is 89.7 cm³/mol. The van der Waals surface area contributed by atoms with E-state index in [-0.39, 0.29) is 24.0 Å². The molecule has 0 amide bonds. The van der Waals surface area contributed by atoms with Crippen LogP contribution in [0.2, 0.25) is 0 Å².